The molecular weight excluding hydrogens is 176 g/mol. The number of hydrogen-bond acceptors (Lipinski definition) is 2. The van der Waals surface area contributed by atoms with Gasteiger partial charge in [0.25, 0.3) is 0 Å². The number of ether oxygens (including phenoxy) is 1. The summed E-state index contributed by atoms with van der Waals surface area (Å²) < 4.78 is 5.25. The van der Waals surface area contributed by atoms with E-state index in [1.54, 1.807) is 20.1 Å². The number of carbonyl (C=O) groups excluding carboxylic acids is 1. The third-order valence-electron chi connectivity index (χ3n) is 2.26. The Bertz CT molecular complexity index is 340. The van der Waals surface area contributed by atoms with E-state index in [4.69, 9.17) is 4.74 Å². The van der Waals surface area contributed by atoms with Crippen molar-refractivity contribution in [2.24, 2.45) is 0 Å². The SMILES string of the molecule is COc1cc(C(C)=O)ccc1C(C)C. The number of ketones is 1. The minimum Gasteiger partial charge on any atom is -0.496 e. The molecule has 1 rings (SSSR count). The van der Waals surface area contributed by atoms with Crippen LogP contribution in [0.15, 0.2) is 18.2 Å². The molecule has 1 aromatic rings. The Morgan fingerprint density at radius 1 is 1.36 bits per heavy atom. The van der Waals surface area contributed by atoms with Crippen LogP contribution in [-0.4, -0.2) is 12.9 Å². The van der Waals surface area contributed by atoms with E-state index in [1.807, 2.05) is 12.1 Å². The van der Waals surface area contributed by atoms with E-state index < -0.39 is 0 Å². The fraction of sp³-hybridized carbons (Fsp3) is 0.417. The number of hydrogen-bond donors (Lipinski definition) is 0. The van der Waals surface area contributed by atoms with Gasteiger partial charge in [-0.3, -0.25) is 4.79 Å². The number of carbonyl (C=O) groups is 1. The van der Waals surface area contributed by atoms with Crippen molar-refractivity contribution in [1.82, 2.24) is 0 Å². The second-order valence-corrected chi connectivity index (χ2v) is 3.67. The molecule has 2 heteroatoms. The number of benzene rings is 1. The van der Waals surface area contributed by atoms with Crippen LogP contribution in [0, 0.1) is 0 Å². The quantitative estimate of drug-likeness (QED) is 0.688. The molecule has 0 bridgehead atoms. The molecule has 0 amide bonds. The second kappa shape index (κ2) is 4.27. The molecule has 0 radical (unpaired) electrons. The summed E-state index contributed by atoms with van der Waals surface area (Å²) in [5.41, 5.74) is 1.84. The maximum absolute atomic E-state index is 11.1. The number of Topliss-reactive ketones (excluding diaryl/α,β-unsaturated/α-hetero) is 1. The smallest absolute Gasteiger partial charge is 0.159 e. The van der Waals surface area contributed by atoms with Crippen LogP contribution in [0.5, 0.6) is 5.75 Å². The molecule has 1 aromatic carbocycles. The lowest BCUT2D eigenvalue weighted by Crippen LogP contribution is -1.98. The summed E-state index contributed by atoms with van der Waals surface area (Å²) in [6.07, 6.45) is 0. The Hall–Kier alpha value is -1.31. The van der Waals surface area contributed by atoms with Gasteiger partial charge in [0.05, 0.1) is 7.11 Å². The Balaban J connectivity index is 3.18. The molecule has 0 atom stereocenters. The molecule has 2 nitrogen and oxygen atoms in total. The normalized spacial score (nSPS) is 10.4. The summed E-state index contributed by atoms with van der Waals surface area (Å²) in [5, 5.41) is 0. The molecule has 0 aliphatic heterocycles. The number of rotatable bonds is 3. The standard InChI is InChI=1S/C12H16O2/c1-8(2)11-6-5-10(9(3)13)7-12(11)14-4/h5-8H,1-4H3. The lowest BCUT2D eigenvalue weighted by atomic mass is 9.99. The van der Waals surface area contributed by atoms with Gasteiger partial charge in [-0.15, -0.1) is 0 Å². The molecule has 0 unspecified atom stereocenters. The molecule has 14 heavy (non-hydrogen) atoms. The highest BCUT2D eigenvalue weighted by Crippen LogP contribution is 2.27. The van der Waals surface area contributed by atoms with Gasteiger partial charge in [-0.05, 0) is 24.5 Å². The molecule has 0 aromatic heterocycles. The van der Waals surface area contributed by atoms with Gasteiger partial charge in [0.2, 0.25) is 0 Å². The van der Waals surface area contributed by atoms with Crippen molar-refractivity contribution in [3.63, 3.8) is 0 Å². The van der Waals surface area contributed by atoms with Crippen LogP contribution in [0.25, 0.3) is 0 Å². The third-order valence-corrected chi connectivity index (χ3v) is 2.26. The predicted molar refractivity (Wildman–Crippen MR) is 57.1 cm³/mol. The molecule has 0 saturated carbocycles. The predicted octanol–water partition coefficient (Wildman–Crippen LogP) is 3.02. The van der Waals surface area contributed by atoms with Gasteiger partial charge in [-0.2, -0.15) is 0 Å². The van der Waals surface area contributed by atoms with Crippen molar-refractivity contribution in [2.75, 3.05) is 7.11 Å². The van der Waals surface area contributed by atoms with Crippen molar-refractivity contribution >= 4 is 5.78 Å². The fourth-order valence-corrected chi connectivity index (χ4v) is 1.41. The molecule has 0 fully saturated rings. The summed E-state index contributed by atoms with van der Waals surface area (Å²) in [5.74, 6) is 1.28. The van der Waals surface area contributed by atoms with E-state index in [2.05, 4.69) is 13.8 Å². The zero-order valence-electron chi connectivity index (χ0n) is 9.13. The summed E-state index contributed by atoms with van der Waals surface area (Å²) in [7, 11) is 1.63. The van der Waals surface area contributed by atoms with Crippen LogP contribution in [0.2, 0.25) is 0 Å². The van der Waals surface area contributed by atoms with E-state index >= 15 is 0 Å². The average molecular weight is 192 g/mol. The first kappa shape index (κ1) is 10.8. The van der Waals surface area contributed by atoms with E-state index in [0.717, 1.165) is 11.3 Å². The van der Waals surface area contributed by atoms with E-state index in [1.165, 1.54) is 0 Å². The van der Waals surface area contributed by atoms with Gasteiger partial charge < -0.3 is 4.74 Å². The van der Waals surface area contributed by atoms with Crippen LogP contribution in [0.4, 0.5) is 0 Å². The summed E-state index contributed by atoms with van der Waals surface area (Å²) in [6.45, 7) is 5.76. The van der Waals surface area contributed by atoms with Gasteiger partial charge in [-0.25, -0.2) is 0 Å². The van der Waals surface area contributed by atoms with Gasteiger partial charge in [-0.1, -0.05) is 26.0 Å². The Kier molecular flexibility index (Phi) is 3.28. The largest absolute Gasteiger partial charge is 0.496 e. The second-order valence-electron chi connectivity index (χ2n) is 3.67. The van der Waals surface area contributed by atoms with E-state index in [0.29, 0.717) is 11.5 Å². The van der Waals surface area contributed by atoms with E-state index in [9.17, 15) is 4.79 Å². The summed E-state index contributed by atoms with van der Waals surface area (Å²) in [6, 6.07) is 5.61. The highest BCUT2D eigenvalue weighted by molar-refractivity contribution is 5.94. The van der Waals surface area contributed by atoms with Crippen molar-refractivity contribution in [1.29, 1.82) is 0 Å². The van der Waals surface area contributed by atoms with Gasteiger partial charge in [0, 0.05) is 5.56 Å². The topological polar surface area (TPSA) is 26.3 Å². The van der Waals surface area contributed by atoms with Gasteiger partial charge in [0.15, 0.2) is 5.78 Å². The lowest BCUT2D eigenvalue weighted by molar-refractivity contribution is 0.101. The van der Waals surface area contributed by atoms with Crippen LogP contribution in [0.3, 0.4) is 0 Å². The number of methoxy groups -OCH3 is 1. The Morgan fingerprint density at radius 2 is 2.00 bits per heavy atom. The summed E-state index contributed by atoms with van der Waals surface area (Å²) in [4.78, 5) is 11.1. The van der Waals surface area contributed by atoms with Gasteiger partial charge >= 0.3 is 0 Å². The molecule has 0 heterocycles. The van der Waals surface area contributed by atoms with Crippen molar-refractivity contribution in [3.8, 4) is 5.75 Å². The Morgan fingerprint density at radius 3 is 2.43 bits per heavy atom. The molecule has 0 aliphatic carbocycles. The van der Waals surface area contributed by atoms with Crippen LogP contribution >= 0.6 is 0 Å². The average Bonchev–Trinajstić information content (AvgIpc) is 2.16. The van der Waals surface area contributed by atoms with Crippen LogP contribution < -0.4 is 4.74 Å². The maximum atomic E-state index is 11.1. The molecule has 76 valence electrons. The van der Waals surface area contributed by atoms with Crippen molar-refractivity contribution in [2.45, 2.75) is 26.7 Å². The fourth-order valence-electron chi connectivity index (χ4n) is 1.41. The highest BCUT2D eigenvalue weighted by atomic mass is 16.5. The molecule has 0 spiro atoms. The van der Waals surface area contributed by atoms with E-state index in [-0.39, 0.29) is 5.78 Å². The monoisotopic (exact) mass is 192 g/mol. The zero-order valence-corrected chi connectivity index (χ0v) is 9.13. The molecule has 0 aliphatic rings. The first-order chi connectivity index (χ1) is 6.56. The first-order valence-electron chi connectivity index (χ1n) is 4.75. The maximum Gasteiger partial charge on any atom is 0.159 e. The first-order valence-corrected chi connectivity index (χ1v) is 4.75. The minimum absolute atomic E-state index is 0.0682. The minimum atomic E-state index is 0.0682. The molecule has 0 saturated heterocycles. The van der Waals surface area contributed by atoms with Crippen molar-refractivity contribution in [3.05, 3.63) is 29.3 Å². The van der Waals surface area contributed by atoms with Crippen LogP contribution in [-0.2, 0) is 0 Å². The Labute approximate surface area is 84.9 Å². The zero-order chi connectivity index (χ0) is 10.7. The molecule has 0 N–H and O–H groups in total. The van der Waals surface area contributed by atoms with Crippen molar-refractivity contribution < 1.29 is 9.53 Å². The lowest BCUT2D eigenvalue weighted by Gasteiger charge is -2.12. The van der Waals surface area contributed by atoms with Gasteiger partial charge in [0.1, 0.15) is 5.75 Å². The third kappa shape index (κ3) is 2.13. The highest BCUT2D eigenvalue weighted by Gasteiger charge is 2.09. The van der Waals surface area contributed by atoms with Crippen LogP contribution in [0.1, 0.15) is 42.6 Å². The molecular formula is C12H16O2. The summed E-state index contributed by atoms with van der Waals surface area (Å²) >= 11 is 0.